The predicted octanol–water partition coefficient (Wildman–Crippen LogP) is 5.93. The number of likely N-dealkylation sites (N-methyl/N-ethyl adjacent to an activating group) is 1. The lowest BCUT2D eigenvalue weighted by Crippen LogP contribution is -2.23. The molecular weight excluding hydrogens is 458 g/mol. The molecule has 5 rings (SSSR count). The second kappa shape index (κ2) is 9.27. The molecule has 1 fully saturated rings. The molecule has 1 aliphatic rings. The van der Waals surface area contributed by atoms with E-state index >= 15 is 0 Å². The molecule has 7 heteroatoms. The number of aromatic nitrogens is 1. The number of thioether (sulfide) groups is 1. The number of amidine groups is 1. The minimum absolute atomic E-state index is 0.116. The van der Waals surface area contributed by atoms with Gasteiger partial charge >= 0.3 is 5.97 Å². The lowest BCUT2D eigenvalue weighted by Gasteiger charge is -2.08. The Kier molecular flexibility index (Phi) is 6.01. The number of nitrogens with zero attached hydrogens (tertiary/aromatic N) is 3. The molecule has 1 aliphatic heterocycles. The molecule has 0 unspecified atom stereocenters. The molecule has 6 nitrogen and oxygen atoms in total. The van der Waals surface area contributed by atoms with Crippen molar-refractivity contribution in [3.05, 3.63) is 106 Å². The lowest BCUT2D eigenvalue weighted by molar-refractivity contribution is -0.121. The number of benzene rings is 3. The van der Waals surface area contributed by atoms with Crippen molar-refractivity contribution in [3.8, 4) is 0 Å². The molecular formula is C28H23N3O3S. The minimum Gasteiger partial charge on any atom is -0.478 e. The van der Waals surface area contributed by atoms with E-state index in [9.17, 15) is 9.59 Å². The minimum atomic E-state index is -0.987. The summed E-state index contributed by atoms with van der Waals surface area (Å²) in [5.74, 6) is -1.10. The topological polar surface area (TPSA) is 74.9 Å². The van der Waals surface area contributed by atoms with Crippen molar-refractivity contribution in [3.63, 3.8) is 0 Å². The second-order valence-corrected chi connectivity index (χ2v) is 9.32. The monoisotopic (exact) mass is 481 g/mol. The van der Waals surface area contributed by atoms with Crippen LogP contribution in [0.1, 0.15) is 27.2 Å². The van der Waals surface area contributed by atoms with Crippen molar-refractivity contribution in [1.82, 2.24) is 9.47 Å². The third kappa shape index (κ3) is 4.38. The van der Waals surface area contributed by atoms with E-state index < -0.39 is 5.97 Å². The lowest BCUT2D eigenvalue weighted by atomic mass is 10.1. The van der Waals surface area contributed by atoms with Gasteiger partial charge in [0.15, 0.2) is 5.17 Å². The zero-order valence-electron chi connectivity index (χ0n) is 19.3. The van der Waals surface area contributed by atoms with Gasteiger partial charge in [0.1, 0.15) is 0 Å². The van der Waals surface area contributed by atoms with Crippen LogP contribution in [0.15, 0.2) is 88.8 Å². The Bertz CT molecular complexity index is 1500. The first-order chi connectivity index (χ1) is 16.9. The highest BCUT2D eigenvalue weighted by molar-refractivity contribution is 8.18. The van der Waals surface area contributed by atoms with Crippen molar-refractivity contribution < 1.29 is 14.7 Å². The third-order valence-corrected chi connectivity index (χ3v) is 7.14. The van der Waals surface area contributed by atoms with Crippen molar-refractivity contribution in [1.29, 1.82) is 0 Å². The van der Waals surface area contributed by atoms with Crippen LogP contribution < -0.4 is 0 Å². The maximum Gasteiger partial charge on any atom is 0.335 e. The van der Waals surface area contributed by atoms with Crippen molar-refractivity contribution >= 4 is 51.5 Å². The van der Waals surface area contributed by atoms with E-state index in [2.05, 4.69) is 40.7 Å². The van der Waals surface area contributed by atoms with Crippen LogP contribution in [0, 0.1) is 6.92 Å². The number of rotatable bonds is 5. The molecule has 2 heterocycles. The molecule has 174 valence electrons. The molecule has 1 aromatic heterocycles. The average Bonchev–Trinajstić information content (AvgIpc) is 3.28. The third-order valence-electron chi connectivity index (χ3n) is 6.08. The second-order valence-electron chi connectivity index (χ2n) is 8.31. The molecule has 1 N–H and O–H groups in total. The number of amides is 1. The quantitative estimate of drug-likeness (QED) is 0.359. The molecule has 0 radical (unpaired) electrons. The summed E-state index contributed by atoms with van der Waals surface area (Å²) in [5.41, 5.74) is 5.23. The van der Waals surface area contributed by atoms with Crippen LogP contribution in [0.5, 0.6) is 0 Å². The van der Waals surface area contributed by atoms with Gasteiger partial charge in [0, 0.05) is 35.8 Å². The Morgan fingerprint density at radius 2 is 1.69 bits per heavy atom. The number of aromatic carboxylic acids is 1. The van der Waals surface area contributed by atoms with Gasteiger partial charge in [0.25, 0.3) is 5.91 Å². The van der Waals surface area contributed by atoms with Gasteiger partial charge in [0.05, 0.1) is 16.2 Å². The van der Waals surface area contributed by atoms with E-state index in [1.165, 1.54) is 34.4 Å². The van der Waals surface area contributed by atoms with Gasteiger partial charge < -0.3 is 9.67 Å². The molecule has 0 aliphatic carbocycles. The summed E-state index contributed by atoms with van der Waals surface area (Å²) in [6, 6.07) is 24.8. The maximum absolute atomic E-state index is 13.1. The summed E-state index contributed by atoms with van der Waals surface area (Å²) in [4.78, 5) is 30.9. The highest BCUT2D eigenvalue weighted by atomic mass is 32.2. The number of carbonyl (C=O) groups excluding carboxylic acids is 1. The van der Waals surface area contributed by atoms with Crippen LogP contribution in [0.2, 0.25) is 0 Å². The summed E-state index contributed by atoms with van der Waals surface area (Å²) in [6.45, 7) is 2.83. The summed E-state index contributed by atoms with van der Waals surface area (Å²) in [5, 5.41) is 10.7. The summed E-state index contributed by atoms with van der Waals surface area (Å²) in [6.07, 6.45) is 1.96. The normalized spacial score (nSPS) is 16.1. The first-order valence-corrected chi connectivity index (χ1v) is 12.0. The van der Waals surface area contributed by atoms with Gasteiger partial charge in [-0.1, -0.05) is 48.5 Å². The van der Waals surface area contributed by atoms with E-state index in [4.69, 9.17) is 5.11 Å². The number of fused-ring (bicyclic) bond motifs is 1. The predicted molar refractivity (Wildman–Crippen MR) is 141 cm³/mol. The molecule has 35 heavy (non-hydrogen) atoms. The van der Waals surface area contributed by atoms with Crippen LogP contribution in [0.4, 0.5) is 5.69 Å². The molecule has 4 aromatic rings. The van der Waals surface area contributed by atoms with E-state index in [1.807, 2.05) is 36.4 Å². The first kappa shape index (κ1) is 22.7. The fraction of sp³-hybridized carbons (Fsp3) is 0.107. The molecule has 0 bridgehead atoms. The molecule has 0 saturated carbocycles. The maximum atomic E-state index is 13.1. The average molecular weight is 482 g/mol. The van der Waals surface area contributed by atoms with Gasteiger partial charge in [0.2, 0.25) is 0 Å². The van der Waals surface area contributed by atoms with Crippen molar-refractivity contribution in [2.24, 2.45) is 4.99 Å². The fourth-order valence-electron chi connectivity index (χ4n) is 4.18. The molecule has 0 spiro atoms. The number of aliphatic imine (C=N–C) groups is 1. The van der Waals surface area contributed by atoms with Crippen LogP contribution in [-0.2, 0) is 11.3 Å². The Morgan fingerprint density at radius 1 is 1.00 bits per heavy atom. The number of hydrogen-bond donors (Lipinski definition) is 1. The van der Waals surface area contributed by atoms with Crippen molar-refractivity contribution in [2.45, 2.75) is 13.5 Å². The Balaban J connectivity index is 1.51. The summed E-state index contributed by atoms with van der Waals surface area (Å²) in [7, 11) is 1.70. The number of carbonyl (C=O) groups is 2. The van der Waals surface area contributed by atoms with Gasteiger partial charge in [-0.3, -0.25) is 9.69 Å². The van der Waals surface area contributed by atoms with Crippen LogP contribution in [0.3, 0.4) is 0 Å². The highest BCUT2D eigenvalue weighted by Gasteiger charge is 2.31. The SMILES string of the molecule is Cc1c(/C=C2/SC(=Nc3ccc(C(=O)O)cc3)N(C)C2=O)c2ccccc2n1Cc1ccccc1. The first-order valence-electron chi connectivity index (χ1n) is 11.1. The van der Waals surface area contributed by atoms with Crippen molar-refractivity contribution in [2.75, 3.05) is 7.05 Å². The Labute approximate surface area is 207 Å². The Hall–Kier alpha value is -4.10. The summed E-state index contributed by atoms with van der Waals surface area (Å²) < 4.78 is 2.28. The van der Waals surface area contributed by atoms with E-state index in [1.54, 1.807) is 19.2 Å². The van der Waals surface area contributed by atoms with Gasteiger partial charge in [-0.15, -0.1) is 0 Å². The number of carboxylic acid groups (broad SMARTS) is 1. The molecule has 3 aromatic carbocycles. The van der Waals surface area contributed by atoms with Gasteiger partial charge in [-0.2, -0.15) is 0 Å². The van der Waals surface area contributed by atoms with Crippen LogP contribution in [0.25, 0.3) is 17.0 Å². The van der Waals surface area contributed by atoms with Crippen LogP contribution in [-0.4, -0.2) is 38.7 Å². The number of para-hydroxylation sites is 1. The summed E-state index contributed by atoms with van der Waals surface area (Å²) >= 11 is 1.32. The van der Waals surface area contributed by atoms with E-state index in [0.29, 0.717) is 15.8 Å². The standard InChI is InChI=1S/C28H23N3O3S/c1-18-23(22-10-6-7-11-24(22)31(18)17-19-8-4-3-5-9-19)16-25-26(32)30(2)28(35-25)29-21-14-12-20(13-15-21)27(33)34/h3-16H,17H2,1-2H3,(H,33,34)/b25-16+,29-28?. The van der Waals surface area contributed by atoms with Gasteiger partial charge in [-0.05, 0) is 60.7 Å². The van der Waals surface area contributed by atoms with E-state index in [-0.39, 0.29) is 11.5 Å². The highest BCUT2D eigenvalue weighted by Crippen LogP contribution is 2.36. The molecule has 1 saturated heterocycles. The van der Waals surface area contributed by atoms with Crippen LogP contribution >= 0.6 is 11.8 Å². The fourth-order valence-corrected chi connectivity index (χ4v) is 5.15. The molecule has 1 amide bonds. The largest absolute Gasteiger partial charge is 0.478 e. The Morgan fingerprint density at radius 3 is 2.40 bits per heavy atom. The molecule has 0 atom stereocenters. The number of carboxylic acids is 1. The smallest absolute Gasteiger partial charge is 0.335 e. The zero-order valence-corrected chi connectivity index (χ0v) is 20.1. The van der Waals surface area contributed by atoms with E-state index in [0.717, 1.165) is 28.7 Å². The zero-order chi connectivity index (χ0) is 24.5. The van der Waals surface area contributed by atoms with Gasteiger partial charge in [-0.25, -0.2) is 9.79 Å². The number of hydrogen-bond acceptors (Lipinski definition) is 4.